The molecule has 1 aromatic rings. The molecule has 0 aliphatic heterocycles. The maximum absolute atomic E-state index is 12.0. The molecule has 0 unspecified atom stereocenters. The minimum absolute atomic E-state index is 0.00922. The van der Waals surface area contributed by atoms with E-state index in [-0.39, 0.29) is 5.92 Å². The van der Waals surface area contributed by atoms with Crippen LogP contribution in [0.2, 0.25) is 0 Å². The van der Waals surface area contributed by atoms with Crippen molar-refractivity contribution >= 4 is 16.9 Å². The van der Waals surface area contributed by atoms with Crippen molar-refractivity contribution in [3.05, 3.63) is 35.4 Å². The van der Waals surface area contributed by atoms with E-state index < -0.39 is 0 Å². The topological polar surface area (TPSA) is 17.1 Å². The third kappa shape index (κ3) is 5.82. The van der Waals surface area contributed by atoms with E-state index in [4.69, 9.17) is 0 Å². The number of unbranched alkanes of at least 4 members (excludes halogenated alkanes) is 1. The van der Waals surface area contributed by atoms with E-state index in [1.54, 1.807) is 0 Å². The summed E-state index contributed by atoms with van der Waals surface area (Å²) >= 11 is 1.48. The molecule has 0 amide bonds. The molecule has 1 atom stereocenters. The molecule has 0 saturated carbocycles. The Labute approximate surface area is 122 Å². The first-order valence-corrected chi connectivity index (χ1v) is 8.28. The molecular formula is C17H26OS. The lowest BCUT2D eigenvalue weighted by Gasteiger charge is -2.12. The molecule has 0 radical (unpaired) electrons. The van der Waals surface area contributed by atoms with Crippen molar-refractivity contribution in [3.63, 3.8) is 0 Å². The summed E-state index contributed by atoms with van der Waals surface area (Å²) in [6.45, 7) is 8.62. The summed E-state index contributed by atoms with van der Waals surface area (Å²) in [7, 11) is 0. The summed E-state index contributed by atoms with van der Waals surface area (Å²) in [4.78, 5) is 12.0. The van der Waals surface area contributed by atoms with Crippen molar-refractivity contribution in [1.82, 2.24) is 0 Å². The molecule has 19 heavy (non-hydrogen) atoms. The highest BCUT2D eigenvalue weighted by Gasteiger charge is 2.15. The summed E-state index contributed by atoms with van der Waals surface area (Å²) in [6, 6.07) is 8.55. The zero-order chi connectivity index (χ0) is 14.3. The van der Waals surface area contributed by atoms with Gasteiger partial charge in [0.15, 0.2) is 5.12 Å². The number of hydrogen-bond donors (Lipinski definition) is 0. The lowest BCUT2D eigenvalue weighted by molar-refractivity contribution is -0.111. The molecule has 106 valence electrons. The van der Waals surface area contributed by atoms with Crippen LogP contribution in [0.4, 0.5) is 0 Å². The molecular weight excluding hydrogens is 252 g/mol. The zero-order valence-electron chi connectivity index (χ0n) is 12.6. The first-order chi connectivity index (χ1) is 9.04. The standard InChI is InChI=1S/C17H26OS/c1-5-6-11-19-17(18)14(4)16-9-7-15(8-10-16)12-13(2)3/h7-10,13-14H,5-6,11-12H2,1-4H3/t14-/m0/s1. The maximum Gasteiger partial charge on any atom is 0.196 e. The molecule has 2 heteroatoms. The second-order valence-corrected chi connectivity index (χ2v) is 6.68. The van der Waals surface area contributed by atoms with Gasteiger partial charge < -0.3 is 0 Å². The van der Waals surface area contributed by atoms with E-state index in [1.807, 2.05) is 6.92 Å². The predicted octanol–water partition coefficient (Wildman–Crippen LogP) is 5.05. The average molecular weight is 278 g/mol. The summed E-state index contributed by atoms with van der Waals surface area (Å²) < 4.78 is 0. The summed E-state index contributed by atoms with van der Waals surface area (Å²) in [5.74, 6) is 1.63. The fraction of sp³-hybridized carbons (Fsp3) is 0.588. The van der Waals surface area contributed by atoms with Gasteiger partial charge in [0.2, 0.25) is 0 Å². The van der Waals surface area contributed by atoms with E-state index >= 15 is 0 Å². The Kier molecular flexibility index (Phi) is 7.22. The Morgan fingerprint density at radius 1 is 1.16 bits per heavy atom. The van der Waals surface area contributed by atoms with Crippen molar-refractivity contribution in [2.75, 3.05) is 5.75 Å². The lowest BCUT2D eigenvalue weighted by atomic mass is 9.97. The van der Waals surface area contributed by atoms with Crippen LogP contribution in [-0.2, 0) is 11.2 Å². The third-order valence-electron chi connectivity index (χ3n) is 3.22. The molecule has 1 aromatic carbocycles. The van der Waals surface area contributed by atoms with Crippen molar-refractivity contribution in [1.29, 1.82) is 0 Å². The van der Waals surface area contributed by atoms with Gasteiger partial charge in [0.25, 0.3) is 0 Å². The SMILES string of the molecule is CCCCSC(=O)[C@@H](C)c1ccc(CC(C)C)cc1. The van der Waals surface area contributed by atoms with Crippen LogP contribution in [0.25, 0.3) is 0 Å². The van der Waals surface area contributed by atoms with Gasteiger partial charge in [0, 0.05) is 5.75 Å². The quantitative estimate of drug-likeness (QED) is 0.649. The van der Waals surface area contributed by atoms with Gasteiger partial charge >= 0.3 is 0 Å². The molecule has 0 spiro atoms. The van der Waals surface area contributed by atoms with Crippen LogP contribution in [0.5, 0.6) is 0 Å². The van der Waals surface area contributed by atoms with E-state index in [2.05, 4.69) is 45.0 Å². The highest BCUT2D eigenvalue weighted by atomic mass is 32.2. The fourth-order valence-corrected chi connectivity index (χ4v) is 3.01. The Morgan fingerprint density at radius 3 is 2.32 bits per heavy atom. The van der Waals surface area contributed by atoms with Crippen molar-refractivity contribution in [3.8, 4) is 0 Å². The third-order valence-corrected chi connectivity index (χ3v) is 4.35. The number of carbonyl (C=O) groups is 1. The fourth-order valence-electron chi connectivity index (χ4n) is 1.99. The molecule has 0 fully saturated rings. The van der Waals surface area contributed by atoms with Crippen LogP contribution in [0.15, 0.2) is 24.3 Å². The number of benzene rings is 1. The molecule has 1 rings (SSSR count). The Balaban J connectivity index is 2.56. The van der Waals surface area contributed by atoms with E-state index in [0.717, 1.165) is 30.6 Å². The van der Waals surface area contributed by atoms with Crippen LogP contribution >= 0.6 is 11.8 Å². The second-order valence-electron chi connectivity index (χ2n) is 5.58. The maximum atomic E-state index is 12.0. The highest BCUT2D eigenvalue weighted by molar-refractivity contribution is 8.13. The molecule has 0 saturated heterocycles. The largest absolute Gasteiger partial charge is 0.287 e. The van der Waals surface area contributed by atoms with Crippen LogP contribution in [-0.4, -0.2) is 10.9 Å². The van der Waals surface area contributed by atoms with Gasteiger partial charge in [-0.05, 0) is 29.9 Å². The monoisotopic (exact) mass is 278 g/mol. The summed E-state index contributed by atoms with van der Waals surface area (Å²) in [6.07, 6.45) is 3.38. The minimum Gasteiger partial charge on any atom is -0.287 e. The van der Waals surface area contributed by atoms with Gasteiger partial charge in [0.1, 0.15) is 0 Å². The molecule has 0 bridgehead atoms. The van der Waals surface area contributed by atoms with Crippen molar-refractivity contribution < 1.29 is 4.79 Å². The van der Waals surface area contributed by atoms with Crippen molar-refractivity contribution in [2.45, 2.75) is 52.9 Å². The zero-order valence-corrected chi connectivity index (χ0v) is 13.4. The Hall–Kier alpha value is -0.760. The van der Waals surface area contributed by atoms with Gasteiger partial charge in [-0.2, -0.15) is 0 Å². The van der Waals surface area contributed by atoms with Gasteiger partial charge in [-0.3, -0.25) is 4.79 Å². The molecule has 0 N–H and O–H groups in total. The van der Waals surface area contributed by atoms with E-state index in [1.165, 1.54) is 17.3 Å². The molecule has 0 heterocycles. The minimum atomic E-state index is 0.00922. The first kappa shape index (κ1) is 16.3. The first-order valence-electron chi connectivity index (χ1n) is 7.30. The summed E-state index contributed by atoms with van der Waals surface area (Å²) in [5, 5.41) is 0.296. The van der Waals surface area contributed by atoms with Crippen LogP contribution in [0.3, 0.4) is 0 Å². The van der Waals surface area contributed by atoms with Crippen LogP contribution < -0.4 is 0 Å². The normalized spacial score (nSPS) is 12.7. The van der Waals surface area contributed by atoms with Crippen LogP contribution in [0, 0.1) is 5.92 Å². The predicted molar refractivity (Wildman–Crippen MR) is 85.8 cm³/mol. The molecule has 0 aromatic heterocycles. The summed E-state index contributed by atoms with van der Waals surface area (Å²) in [5.41, 5.74) is 2.50. The molecule has 0 aliphatic carbocycles. The van der Waals surface area contributed by atoms with Crippen LogP contribution in [0.1, 0.15) is 57.6 Å². The highest BCUT2D eigenvalue weighted by Crippen LogP contribution is 2.23. The lowest BCUT2D eigenvalue weighted by Crippen LogP contribution is -2.06. The van der Waals surface area contributed by atoms with Gasteiger partial charge in [-0.25, -0.2) is 0 Å². The number of thioether (sulfide) groups is 1. The smallest absolute Gasteiger partial charge is 0.196 e. The van der Waals surface area contributed by atoms with E-state index in [9.17, 15) is 4.79 Å². The molecule has 0 aliphatic rings. The number of rotatable bonds is 7. The van der Waals surface area contributed by atoms with Gasteiger partial charge in [-0.15, -0.1) is 0 Å². The molecule has 1 nitrogen and oxygen atoms in total. The van der Waals surface area contributed by atoms with Gasteiger partial charge in [0.05, 0.1) is 5.92 Å². The van der Waals surface area contributed by atoms with E-state index in [0.29, 0.717) is 11.0 Å². The Morgan fingerprint density at radius 2 is 1.79 bits per heavy atom. The average Bonchev–Trinajstić information content (AvgIpc) is 2.38. The second kappa shape index (κ2) is 8.42. The Bertz CT molecular complexity index is 381. The van der Waals surface area contributed by atoms with Crippen molar-refractivity contribution in [2.24, 2.45) is 5.92 Å². The number of hydrogen-bond acceptors (Lipinski definition) is 2. The number of carbonyl (C=O) groups excluding carboxylic acids is 1. The van der Waals surface area contributed by atoms with Gasteiger partial charge in [-0.1, -0.05) is 70.1 Å².